The number of allylic oxidation sites excluding steroid dienone is 1. The highest BCUT2D eigenvalue weighted by molar-refractivity contribution is 5.94. The fourth-order valence-corrected chi connectivity index (χ4v) is 6.05. The summed E-state index contributed by atoms with van der Waals surface area (Å²) in [7, 11) is 0. The van der Waals surface area contributed by atoms with Crippen LogP contribution in [0.5, 0.6) is 0 Å². The summed E-state index contributed by atoms with van der Waals surface area (Å²) in [4.78, 5) is 26.7. The monoisotopic (exact) mass is 479 g/mol. The number of esters is 1. The molecule has 1 spiro atoms. The molecule has 0 aromatic heterocycles. The SMILES string of the molecule is C=C1[C@@H](C)[C@H]2[C@H](Cc3ccccc3)NC(=O)[C@]23OC(=O)C=CC[C@@H](O)CC[C@@H](C)CC=C[C@H]3[C@@H]1O. The highest BCUT2D eigenvalue weighted by Crippen LogP contribution is 2.52. The summed E-state index contributed by atoms with van der Waals surface area (Å²) in [6.07, 6.45) is 8.32. The van der Waals surface area contributed by atoms with Gasteiger partial charge in [-0.2, -0.15) is 0 Å². The van der Waals surface area contributed by atoms with E-state index in [1.54, 1.807) is 6.08 Å². The molecule has 1 aromatic carbocycles. The fraction of sp³-hybridized carbons (Fsp3) is 0.517. The number of aliphatic hydroxyl groups excluding tert-OH is 2. The normalized spacial score (nSPS) is 38.2. The van der Waals surface area contributed by atoms with Crippen molar-refractivity contribution in [2.75, 3.05) is 0 Å². The van der Waals surface area contributed by atoms with Gasteiger partial charge in [-0.25, -0.2) is 4.79 Å². The molecule has 0 unspecified atom stereocenters. The Morgan fingerprint density at radius 3 is 2.57 bits per heavy atom. The lowest BCUT2D eigenvalue weighted by molar-refractivity contribution is -0.182. The maximum atomic E-state index is 13.7. The number of carbonyl (C=O) groups is 2. The van der Waals surface area contributed by atoms with Gasteiger partial charge in [-0.3, -0.25) is 4.79 Å². The highest BCUT2D eigenvalue weighted by atomic mass is 16.6. The van der Waals surface area contributed by atoms with Crippen LogP contribution >= 0.6 is 0 Å². The van der Waals surface area contributed by atoms with E-state index in [0.29, 0.717) is 30.8 Å². The van der Waals surface area contributed by atoms with Gasteiger partial charge in [-0.15, -0.1) is 0 Å². The van der Waals surface area contributed by atoms with Crippen molar-refractivity contribution in [2.45, 2.75) is 69.8 Å². The fourth-order valence-electron chi connectivity index (χ4n) is 6.05. The molecule has 2 aliphatic heterocycles. The summed E-state index contributed by atoms with van der Waals surface area (Å²) in [6.45, 7) is 8.25. The molecule has 1 aromatic rings. The molecule has 1 amide bonds. The Morgan fingerprint density at radius 2 is 1.83 bits per heavy atom. The van der Waals surface area contributed by atoms with Gasteiger partial charge in [-0.1, -0.05) is 69.0 Å². The van der Waals surface area contributed by atoms with Crippen molar-refractivity contribution >= 4 is 11.9 Å². The van der Waals surface area contributed by atoms with Gasteiger partial charge in [0.2, 0.25) is 5.60 Å². The first kappa shape index (κ1) is 25.4. The summed E-state index contributed by atoms with van der Waals surface area (Å²) >= 11 is 0. The Balaban J connectivity index is 1.77. The first-order chi connectivity index (χ1) is 16.7. The van der Waals surface area contributed by atoms with Gasteiger partial charge in [0, 0.05) is 18.0 Å². The zero-order valence-corrected chi connectivity index (χ0v) is 20.6. The van der Waals surface area contributed by atoms with Crippen molar-refractivity contribution in [2.24, 2.45) is 23.7 Å². The van der Waals surface area contributed by atoms with Gasteiger partial charge < -0.3 is 20.3 Å². The van der Waals surface area contributed by atoms with Crippen molar-refractivity contribution in [3.8, 4) is 0 Å². The van der Waals surface area contributed by atoms with E-state index in [2.05, 4.69) is 18.8 Å². The molecule has 6 heteroatoms. The lowest BCUT2D eigenvalue weighted by Gasteiger charge is -2.49. The van der Waals surface area contributed by atoms with E-state index in [4.69, 9.17) is 4.74 Å². The predicted molar refractivity (Wildman–Crippen MR) is 134 cm³/mol. The van der Waals surface area contributed by atoms with Crippen LogP contribution in [-0.4, -0.2) is 45.9 Å². The van der Waals surface area contributed by atoms with E-state index in [0.717, 1.165) is 18.4 Å². The molecule has 35 heavy (non-hydrogen) atoms. The Morgan fingerprint density at radius 1 is 1.09 bits per heavy atom. The van der Waals surface area contributed by atoms with E-state index < -0.39 is 35.6 Å². The Labute approximate surface area is 207 Å². The molecule has 6 nitrogen and oxygen atoms in total. The maximum Gasteiger partial charge on any atom is 0.331 e. The van der Waals surface area contributed by atoms with Gasteiger partial charge in [0.05, 0.1) is 18.1 Å². The summed E-state index contributed by atoms with van der Waals surface area (Å²) in [5, 5.41) is 24.7. The summed E-state index contributed by atoms with van der Waals surface area (Å²) in [5.41, 5.74) is 0.170. The molecule has 0 bridgehead atoms. The number of hydrogen-bond donors (Lipinski definition) is 3. The lowest BCUT2D eigenvalue weighted by atomic mass is 9.59. The first-order valence-corrected chi connectivity index (χ1v) is 12.7. The Kier molecular flexibility index (Phi) is 7.62. The quantitative estimate of drug-likeness (QED) is 0.446. The van der Waals surface area contributed by atoms with Crippen LogP contribution in [0.1, 0.15) is 45.1 Å². The number of benzene rings is 1. The van der Waals surface area contributed by atoms with Crippen LogP contribution in [-0.2, 0) is 20.7 Å². The summed E-state index contributed by atoms with van der Waals surface area (Å²) < 4.78 is 6.07. The van der Waals surface area contributed by atoms with Crippen LogP contribution in [0.3, 0.4) is 0 Å². The molecule has 2 fully saturated rings. The van der Waals surface area contributed by atoms with E-state index in [9.17, 15) is 19.8 Å². The molecule has 2 heterocycles. The van der Waals surface area contributed by atoms with Crippen LogP contribution in [0, 0.1) is 23.7 Å². The van der Waals surface area contributed by atoms with Crippen molar-refractivity contribution in [1.82, 2.24) is 5.32 Å². The molecule has 188 valence electrons. The average molecular weight is 480 g/mol. The number of hydrogen-bond acceptors (Lipinski definition) is 5. The minimum atomic E-state index is -1.55. The van der Waals surface area contributed by atoms with Crippen LogP contribution in [0.4, 0.5) is 0 Å². The summed E-state index contributed by atoms with van der Waals surface area (Å²) in [5.74, 6) is -2.08. The van der Waals surface area contributed by atoms with Gasteiger partial charge in [0.1, 0.15) is 0 Å². The molecular weight excluding hydrogens is 442 g/mol. The topological polar surface area (TPSA) is 95.9 Å². The lowest BCUT2D eigenvalue weighted by Crippen LogP contribution is -2.61. The third-order valence-electron chi connectivity index (χ3n) is 8.04. The Hall–Kier alpha value is -2.70. The predicted octanol–water partition coefficient (Wildman–Crippen LogP) is 3.49. The van der Waals surface area contributed by atoms with E-state index >= 15 is 0 Å². The molecular formula is C29H37NO5. The van der Waals surface area contributed by atoms with Crippen LogP contribution in [0.15, 0.2) is 66.8 Å². The van der Waals surface area contributed by atoms with Crippen molar-refractivity contribution in [1.29, 1.82) is 0 Å². The molecule has 3 N–H and O–H groups in total. The standard InChI is InChI=1S/C29H37NO5/c1-18-9-7-13-23-27(33)20(3)19(2)26-24(17-21-10-5-4-6-11-21)30-28(34)29(23,26)35-25(32)14-8-12-22(31)16-15-18/h4-8,10-11,13-14,18-19,22-24,26-27,31,33H,3,9,12,15-17H2,1-2H3,(H,30,34)/t18-,19+,22+,23-,24-,26-,27+,29+/m0/s1. The molecule has 1 saturated heterocycles. The van der Waals surface area contributed by atoms with Gasteiger partial charge >= 0.3 is 5.97 Å². The molecule has 8 atom stereocenters. The van der Waals surface area contributed by atoms with E-state index in [1.807, 2.05) is 49.4 Å². The molecule has 4 rings (SSSR count). The van der Waals surface area contributed by atoms with Gasteiger partial charge in [-0.05, 0) is 55.1 Å². The van der Waals surface area contributed by atoms with Crippen molar-refractivity contribution in [3.05, 3.63) is 72.4 Å². The minimum Gasteiger partial charge on any atom is -0.445 e. The van der Waals surface area contributed by atoms with Crippen LogP contribution in [0.25, 0.3) is 0 Å². The van der Waals surface area contributed by atoms with Crippen molar-refractivity contribution < 1.29 is 24.5 Å². The third kappa shape index (κ3) is 5.00. The first-order valence-electron chi connectivity index (χ1n) is 12.7. The van der Waals surface area contributed by atoms with Crippen molar-refractivity contribution in [3.63, 3.8) is 0 Å². The van der Waals surface area contributed by atoms with E-state index in [-0.39, 0.29) is 17.9 Å². The maximum absolute atomic E-state index is 13.7. The van der Waals surface area contributed by atoms with E-state index in [1.165, 1.54) is 6.08 Å². The number of carbonyl (C=O) groups excluding carboxylic acids is 2. The number of amides is 1. The van der Waals surface area contributed by atoms with Crippen LogP contribution < -0.4 is 5.32 Å². The number of aliphatic hydroxyl groups is 2. The number of nitrogens with one attached hydrogen (secondary N) is 1. The average Bonchev–Trinajstić information content (AvgIpc) is 3.09. The third-order valence-corrected chi connectivity index (χ3v) is 8.04. The zero-order chi connectivity index (χ0) is 25.2. The zero-order valence-electron chi connectivity index (χ0n) is 20.6. The van der Waals surface area contributed by atoms with Gasteiger partial charge in [0.25, 0.3) is 5.91 Å². The molecule has 1 aliphatic carbocycles. The summed E-state index contributed by atoms with van der Waals surface area (Å²) in [6, 6.07) is 9.62. The molecule has 0 radical (unpaired) electrons. The minimum absolute atomic E-state index is 0.251. The Bertz CT molecular complexity index is 1000. The smallest absolute Gasteiger partial charge is 0.331 e. The van der Waals surface area contributed by atoms with Gasteiger partial charge in [0.15, 0.2) is 0 Å². The second-order valence-electron chi connectivity index (χ2n) is 10.5. The second kappa shape index (κ2) is 10.5. The second-order valence-corrected chi connectivity index (χ2v) is 10.5. The highest BCUT2D eigenvalue weighted by Gasteiger charge is 2.67. The molecule has 1 saturated carbocycles. The number of rotatable bonds is 2. The van der Waals surface area contributed by atoms with Crippen LogP contribution in [0.2, 0.25) is 0 Å². The number of ether oxygens (including phenoxy) is 1. The molecule has 3 aliphatic rings. The largest absolute Gasteiger partial charge is 0.445 e.